The molecule has 0 aliphatic carbocycles. The molecule has 55 heavy (non-hydrogen) atoms. The lowest BCUT2D eigenvalue weighted by atomic mass is 10.2. The van der Waals surface area contributed by atoms with Gasteiger partial charge in [0.15, 0.2) is 16.9 Å². The molecule has 2 heterocycles. The van der Waals surface area contributed by atoms with E-state index in [1.165, 1.54) is 10.8 Å². The van der Waals surface area contributed by atoms with Crippen molar-refractivity contribution in [3.05, 3.63) is 22.1 Å². The van der Waals surface area contributed by atoms with Gasteiger partial charge >= 0.3 is 36.1 Å². The van der Waals surface area contributed by atoms with Crippen molar-refractivity contribution in [3.63, 3.8) is 0 Å². The van der Waals surface area contributed by atoms with Crippen molar-refractivity contribution in [3.8, 4) is 0 Å². The molecule has 0 radical (unpaired) electrons. The van der Waals surface area contributed by atoms with E-state index in [1.807, 2.05) is 0 Å². The summed E-state index contributed by atoms with van der Waals surface area (Å²) in [6, 6.07) is 0. The minimum Gasteiger partial charge on any atom is -0.476 e. The van der Waals surface area contributed by atoms with Gasteiger partial charge in [0.2, 0.25) is 12.3 Å². The summed E-state index contributed by atoms with van der Waals surface area (Å²) in [4.78, 5) is 94.6. The van der Waals surface area contributed by atoms with Gasteiger partial charge in [-0.05, 0) is 83.1 Å². The molecule has 2 amide bonds. The molecule has 0 aromatic carbocycles. The second-order valence-corrected chi connectivity index (χ2v) is 16.2. The Bertz CT molecular complexity index is 1680. The molecule has 2 rings (SSSR count). The van der Waals surface area contributed by atoms with Gasteiger partial charge in [-0.15, -0.1) is 22.7 Å². The Morgan fingerprint density at radius 2 is 1.02 bits per heavy atom. The summed E-state index contributed by atoms with van der Waals surface area (Å²) >= 11 is 1.93. The number of esters is 2. The van der Waals surface area contributed by atoms with Crippen molar-refractivity contribution in [1.82, 2.24) is 9.97 Å². The molecule has 0 bridgehead atoms. The summed E-state index contributed by atoms with van der Waals surface area (Å²) in [7, 11) is 0. The number of anilines is 2. The number of carboxylic acid groups (broad SMARTS) is 2. The highest BCUT2D eigenvalue weighted by molar-refractivity contribution is 7.14. The number of carboxylic acids is 2. The van der Waals surface area contributed by atoms with Crippen LogP contribution in [0.15, 0.2) is 15.9 Å². The van der Waals surface area contributed by atoms with Gasteiger partial charge in [0, 0.05) is 10.8 Å². The number of Topliss-reactive ketones (excluding diaryl/α,β-unsaturated/α-hetero) is 1. The van der Waals surface area contributed by atoms with Crippen LogP contribution in [-0.2, 0) is 47.8 Å². The summed E-state index contributed by atoms with van der Waals surface area (Å²) in [6.07, 6.45) is -1.44. The lowest BCUT2D eigenvalue weighted by molar-refractivity contribution is -0.161. The number of ether oxygens (including phenoxy) is 4. The third kappa shape index (κ3) is 24.6. The van der Waals surface area contributed by atoms with Gasteiger partial charge < -0.3 is 34.0 Å². The fourth-order valence-corrected chi connectivity index (χ4v) is 4.28. The van der Waals surface area contributed by atoms with E-state index in [1.54, 1.807) is 83.1 Å². The topological polar surface area (TPSA) is 304 Å². The first-order valence-electron chi connectivity index (χ1n) is 15.8. The molecular formula is C32H48N6O15S2. The largest absolute Gasteiger partial charge is 0.476 e. The quantitative estimate of drug-likeness (QED) is 0.0516. The average Bonchev–Trinajstić information content (AvgIpc) is 3.61. The van der Waals surface area contributed by atoms with Gasteiger partial charge in [-0.25, -0.2) is 44.6 Å². The number of nitrogens with two attached hydrogens (primary N) is 1. The molecule has 0 spiro atoms. The van der Waals surface area contributed by atoms with Crippen LogP contribution in [0.3, 0.4) is 0 Å². The summed E-state index contributed by atoms with van der Waals surface area (Å²) < 4.78 is 19.9. The van der Waals surface area contributed by atoms with Crippen molar-refractivity contribution >= 4 is 80.5 Å². The number of thiazole rings is 2. The summed E-state index contributed by atoms with van der Waals surface area (Å²) in [5.41, 5.74) is -3.28. The maximum absolute atomic E-state index is 11.7. The zero-order valence-electron chi connectivity index (χ0n) is 32.5. The summed E-state index contributed by atoms with van der Waals surface area (Å²) in [5.74, 6) is -0.619. The molecule has 0 aliphatic rings. The molecule has 6 N–H and O–H groups in total. The molecule has 2 aromatic rings. The number of carbonyl (C=O) groups is 7. The highest BCUT2D eigenvalue weighted by Gasteiger charge is 2.23. The number of hydrogen-bond donors (Lipinski definition) is 5. The maximum Gasteiger partial charge on any atom is 0.413 e. The SMILES string of the molecule is CC(C)(C)OC(=O)CO/N=C(\C(=O)O)c1csc(NC(=O)OC(C)(C)C)n1.CC(C)(C)OC(=O)CON.CC(C)(C)OC(=O)Nc1nc(C(=O)C(=O)O)cs1. The third-order valence-corrected chi connectivity index (χ3v) is 5.99. The van der Waals surface area contributed by atoms with E-state index in [0.717, 1.165) is 22.7 Å². The third-order valence-electron chi connectivity index (χ3n) is 4.48. The van der Waals surface area contributed by atoms with Crippen LogP contribution in [0.5, 0.6) is 0 Å². The van der Waals surface area contributed by atoms with Gasteiger partial charge in [-0.1, -0.05) is 5.16 Å². The van der Waals surface area contributed by atoms with E-state index in [9.17, 15) is 38.7 Å². The Hall–Kier alpha value is -5.26. The second-order valence-electron chi connectivity index (χ2n) is 14.5. The molecule has 0 saturated heterocycles. The van der Waals surface area contributed by atoms with Crippen molar-refractivity contribution in [2.75, 3.05) is 23.8 Å². The molecule has 0 unspecified atom stereocenters. The number of aromatic nitrogens is 2. The van der Waals surface area contributed by atoms with E-state index in [0.29, 0.717) is 0 Å². The van der Waals surface area contributed by atoms with Gasteiger partial charge in [0.1, 0.15) is 33.8 Å². The Morgan fingerprint density at radius 1 is 0.636 bits per heavy atom. The minimum absolute atomic E-state index is 0.0391. The van der Waals surface area contributed by atoms with Gasteiger partial charge in [0.25, 0.3) is 5.78 Å². The van der Waals surface area contributed by atoms with Gasteiger partial charge in [-0.2, -0.15) is 0 Å². The number of hydrogen-bond acceptors (Lipinski definition) is 19. The molecule has 0 fully saturated rings. The first-order chi connectivity index (χ1) is 24.9. The van der Waals surface area contributed by atoms with Crippen LogP contribution in [0.2, 0.25) is 0 Å². The molecule has 0 atom stereocenters. The van der Waals surface area contributed by atoms with Crippen LogP contribution in [0, 0.1) is 0 Å². The first kappa shape index (κ1) is 49.7. The molecule has 2 aromatic heterocycles. The van der Waals surface area contributed by atoms with E-state index in [4.69, 9.17) is 28.9 Å². The van der Waals surface area contributed by atoms with E-state index in [-0.39, 0.29) is 28.3 Å². The molecular weight excluding hydrogens is 773 g/mol. The summed E-state index contributed by atoms with van der Waals surface area (Å²) in [5, 5.41) is 28.7. The van der Waals surface area contributed by atoms with Crippen LogP contribution in [-0.4, -0.2) is 103 Å². The minimum atomic E-state index is -1.59. The predicted octanol–water partition coefficient (Wildman–Crippen LogP) is 4.61. The molecule has 308 valence electrons. The number of aliphatic carboxylic acids is 2. The lowest BCUT2D eigenvalue weighted by Crippen LogP contribution is -2.27. The second kappa shape index (κ2) is 21.6. The lowest BCUT2D eigenvalue weighted by Gasteiger charge is -2.18. The Kier molecular flexibility index (Phi) is 19.5. The monoisotopic (exact) mass is 820 g/mol. The number of ketones is 1. The van der Waals surface area contributed by atoms with Gasteiger partial charge in [0.05, 0.1) is 0 Å². The van der Waals surface area contributed by atoms with Crippen molar-refractivity contribution in [2.24, 2.45) is 11.1 Å². The van der Waals surface area contributed by atoms with E-state index >= 15 is 0 Å². The molecule has 0 saturated carbocycles. The summed E-state index contributed by atoms with van der Waals surface area (Å²) in [6.45, 7) is 19.9. The molecule has 21 nitrogen and oxygen atoms in total. The number of amides is 2. The Balaban J connectivity index is 0.000000891. The zero-order chi connectivity index (χ0) is 42.9. The molecule has 23 heteroatoms. The van der Waals surface area contributed by atoms with E-state index < -0.39 is 76.6 Å². The fourth-order valence-electron chi connectivity index (χ4n) is 2.92. The number of nitrogens with zero attached hydrogens (tertiary/aromatic N) is 3. The normalized spacial score (nSPS) is 11.6. The first-order valence-corrected chi connectivity index (χ1v) is 17.5. The molecule has 0 aliphatic heterocycles. The van der Waals surface area contributed by atoms with Crippen LogP contribution < -0.4 is 16.5 Å². The van der Waals surface area contributed by atoms with Crippen LogP contribution >= 0.6 is 22.7 Å². The number of carbonyl (C=O) groups excluding carboxylic acids is 5. The number of oxime groups is 1. The van der Waals surface area contributed by atoms with Crippen LogP contribution in [0.25, 0.3) is 0 Å². The Morgan fingerprint density at radius 3 is 1.38 bits per heavy atom. The van der Waals surface area contributed by atoms with Crippen LogP contribution in [0.4, 0.5) is 19.9 Å². The van der Waals surface area contributed by atoms with Crippen molar-refractivity contribution < 1.29 is 72.4 Å². The Labute approximate surface area is 324 Å². The fraction of sp³-hybridized carbons (Fsp3) is 0.562. The smallest absolute Gasteiger partial charge is 0.413 e. The van der Waals surface area contributed by atoms with Gasteiger partial charge in [-0.3, -0.25) is 20.3 Å². The van der Waals surface area contributed by atoms with Crippen molar-refractivity contribution in [2.45, 2.75) is 105 Å². The predicted molar refractivity (Wildman–Crippen MR) is 198 cm³/mol. The average molecular weight is 821 g/mol. The van der Waals surface area contributed by atoms with Crippen molar-refractivity contribution in [1.29, 1.82) is 0 Å². The number of rotatable bonds is 11. The van der Waals surface area contributed by atoms with Crippen LogP contribution in [0.1, 0.15) is 99.3 Å². The maximum atomic E-state index is 11.7. The number of nitrogens with one attached hydrogen (secondary N) is 2. The van der Waals surface area contributed by atoms with E-state index in [2.05, 4.69) is 36.5 Å². The zero-order valence-corrected chi connectivity index (χ0v) is 34.1. The highest BCUT2D eigenvalue weighted by atomic mass is 32.1. The standard InChI is InChI=1S/C16H23N3O7S.C10H12N2O5S.C6H13NO3/c1-15(2,3)25-10(20)7-24-19-11(12(21)22)9-8-27-13(17-9)18-14(23)26-16(4,5)6;1-10(2,3)17-9(16)12-8-11-5(4-18-8)6(13)7(14)15;1-6(2,3)10-5(8)4-9-7/h8H,7H2,1-6H3,(H,21,22)(H,17,18,23);4H,1-3H3,(H,14,15)(H,11,12,16);4,7H2,1-3H3/b19-11-;;. The highest BCUT2D eigenvalue weighted by Crippen LogP contribution is 2.19.